The number of pyridine rings is 1. The Balaban J connectivity index is 1.59. The third kappa shape index (κ3) is 4.52. The highest BCUT2D eigenvalue weighted by Gasteiger charge is 2.39. The van der Waals surface area contributed by atoms with Gasteiger partial charge in [0, 0.05) is 45.5 Å². The first-order valence-corrected chi connectivity index (χ1v) is 13.3. The number of ether oxygens (including phenoxy) is 3. The summed E-state index contributed by atoms with van der Waals surface area (Å²) in [5.41, 5.74) is 4.15. The summed E-state index contributed by atoms with van der Waals surface area (Å²) in [6.45, 7) is 5.51. The molecule has 4 aromatic rings. The molecule has 0 unspecified atom stereocenters. The summed E-state index contributed by atoms with van der Waals surface area (Å²) in [6, 6.07) is 14.7. The Morgan fingerprint density at radius 3 is 2.56 bits per heavy atom. The van der Waals surface area contributed by atoms with Crippen molar-refractivity contribution in [2.75, 3.05) is 26.9 Å². The van der Waals surface area contributed by atoms with Crippen molar-refractivity contribution in [2.24, 2.45) is 0 Å². The SMILES string of the molecule is COc1cc2c(cc1-c1ccccn1)-c1c(c(C(=O)N3CCOCC3(C)C)nn1-c1cc(Cl)cc(Cl)c1)CO2. The fourth-order valence-corrected chi connectivity index (χ4v) is 5.67. The van der Waals surface area contributed by atoms with Gasteiger partial charge in [-0.1, -0.05) is 29.3 Å². The lowest BCUT2D eigenvalue weighted by Gasteiger charge is -2.41. The second-order valence-electron chi connectivity index (χ2n) is 10.1. The number of morpholine rings is 1. The van der Waals surface area contributed by atoms with Crippen LogP contribution in [0.5, 0.6) is 11.5 Å². The average molecular weight is 565 g/mol. The summed E-state index contributed by atoms with van der Waals surface area (Å²) in [7, 11) is 1.61. The van der Waals surface area contributed by atoms with Crippen LogP contribution in [0.2, 0.25) is 10.0 Å². The fraction of sp³-hybridized carbons (Fsp3) is 0.276. The van der Waals surface area contributed by atoms with E-state index in [0.29, 0.717) is 58.2 Å². The molecule has 4 heterocycles. The minimum absolute atomic E-state index is 0.161. The number of fused-ring (bicyclic) bond motifs is 3. The van der Waals surface area contributed by atoms with E-state index in [0.717, 1.165) is 22.5 Å². The topological polar surface area (TPSA) is 78.7 Å². The monoisotopic (exact) mass is 564 g/mol. The molecule has 1 saturated heterocycles. The van der Waals surface area contributed by atoms with Crippen LogP contribution in [0.4, 0.5) is 0 Å². The Morgan fingerprint density at radius 1 is 1.08 bits per heavy atom. The number of aromatic nitrogens is 3. The third-order valence-electron chi connectivity index (χ3n) is 7.04. The number of hydrogen-bond acceptors (Lipinski definition) is 6. The van der Waals surface area contributed by atoms with Gasteiger partial charge in [-0.25, -0.2) is 4.68 Å². The van der Waals surface area contributed by atoms with Crippen LogP contribution in [0, 0.1) is 0 Å². The van der Waals surface area contributed by atoms with E-state index in [1.165, 1.54) is 0 Å². The van der Waals surface area contributed by atoms with Crippen LogP contribution in [-0.4, -0.2) is 58.0 Å². The summed E-state index contributed by atoms with van der Waals surface area (Å²) in [5.74, 6) is 1.05. The number of rotatable bonds is 4. The molecule has 0 atom stereocenters. The first-order valence-electron chi connectivity index (χ1n) is 12.5. The zero-order chi connectivity index (χ0) is 27.3. The molecule has 2 aromatic heterocycles. The molecule has 10 heteroatoms. The van der Waals surface area contributed by atoms with E-state index in [1.54, 1.807) is 36.2 Å². The number of carbonyl (C=O) groups excluding carboxylic acids is 1. The lowest BCUT2D eigenvalue weighted by Crippen LogP contribution is -2.55. The van der Waals surface area contributed by atoms with Gasteiger partial charge < -0.3 is 19.1 Å². The number of nitrogens with zero attached hydrogens (tertiary/aromatic N) is 4. The van der Waals surface area contributed by atoms with E-state index in [9.17, 15) is 4.79 Å². The Kier molecular flexibility index (Phi) is 6.49. The number of methoxy groups -OCH3 is 1. The van der Waals surface area contributed by atoms with Gasteiger partial charge in [-0.05, 0) is 50.2 Å². The Labute approximate surface area is 236 Å². The maximum atomic E-state index is 14.0. The molecule has 0 spiro atoms. The summed E-state index contributed by atoms with van der Waals surface area (Å²) in [6.07, 6.45) is 1.73. The molecular weight excluding hydrogens is 539 g/mol. The quantitative estimate of drug-likeness (QED) is 0.300. The molecular formula is C29H26Cl2N4O4. The fourth-order valence-electron chi connectivity index (χ4n) is 5.15. The van der Waals surface area contributed by atoms with Crippen LogP contribution in [0.25, 0.3) is 28.2 Å². The van der Waals surface area contributed by atoms with Gasteiger partial charge in [-0.15, -0.1) is 0 Å². The second kappa shape index (κ2) is 9.86. The van der Waals surface area contributed by atoms with Gasteiger partial charge in [0.25, 0.3) is 5.91 Å². The van der Waals surface area contributed by atoms with Crippen molar-refractivity contribution in [3.8, 4) is 39.7 Å². The standard InChI is InChI=1S/C29H26Cl2N4O4/c1-29(2)16-38-9-8-34(29)28(36)26-22-15-39-25-14-24(37-3)20(23-6-4-5-7-32-23)13-21(25)27(22)35(33-26)19-11-17(30)10-18(31)12-19/h4-7,10-14H,8-9,15-16H2,1-3H3. The van der Waals surface area contributed by atoms with Crippen molar-refractivity contribution in [1.82, 2.24) is 19.7 Å². The number of benzene rings is 2. The van der Waals surface area contributed by atoms with Gasteiger partial charge in [0.1, 0.15) is 18.1 Å². The molecule has 0 bridgehead atoms. The average Bonchev–Trinajstić information content (AvgIpc) is 3.32. The van der Waals surface area contributed by atoms with Gasteiger partial charge in [-0.3, -0.25) is 9.78 Å². The van der Waals surface area contributed by atoms with Crippen molar-refractivity contribution in [3.63, 3.8) is 0 Å². The molecule has 200 valence electrons. The Bertz CT molecular complexity index is 1570. The van der Waals surface area contributed by atoms with Gasteiger partial charge in [0.15, 0.2) is 5.69 Å². The van der Waals surface area contributed by atoms with E-state index in [-0.39, 0.29) is 12.5 Å². The van der Waals surface area contributed by atoms with Crippen molar-refractivity contribution in [2.45, 2.75) is 26.0 Å². The zero-order valence-corrected chi connectivity index (χ0v) is 23.2. The largest absolute Gasteiger partial charge is 0.496 e. The number of hydrogen-bond donors (Lipinski definition) is 0. The van der Waals surface area contributed by atoms with Crippen LogP contribution in [0.3, 0.4) is 0 Å². The van der Waals surface area contributed by atoms with Gasteiger partial charge >= 0.3 is 0 Å². The number of carbonyl (C=O) groups is 1. The van der Waals surface area contributed by atoms with Crippen molar-refractivity contribution >= 4 is 29.1 Å². The smallest absolute Gasteiger partial charge is 0.275 e. The van der Waals surface area contributed by atoms with E-state index in [1.807, 2.05) is 49.1 Å². The molecule has 2 aliphatic heterocycles. The zero-order valence-electron chi connectivity index (χ0n) is 21.7. The molecule has 0 radical (unpaired) electrons. The van der Waals surface area contributed by atoms with E-state index in [2.05, 4.69) is 4.98 Å². The minimum atomic E-state index is -0.488. The third-order valence-corrected chi connectivity index (χ3v) is 7.47. The van der Waals surface area contributed by atoms with Gasteiger partial charge in [-0.2, -0.15) is 5.10 Å². The summed E-state index contributed by atoms with van der Waals surface area (Å²) < 4.78 is 19.3. The first-order chi connectivity index (χ1) is 18.8. The molecule has 0 aliphatic carbocycles. The highest BCUT2D eigenvalue weighted by molar-refractivity contribution is 6.34. The molecule has 39 heavy (non-hydrogen) atoms. The van der Waals surface area contributed by atoms with Crippen LogP contribution in [0.15, 0.2) is 54.7 Å². The molecule has 2 aromatic carbocycles. The highest BCUT2D eigenvalue weighted by Crippen LogP contribution is 2.46. The number of halogens is 2. The predicted molar refractivity (Wildman–Crippen MR) is 149 cm³/mol. The van der Waals surface area contributed by atoms with Crippen LogP contribution >= 0.6 is 23.2 Å². The lowest BCUT2D eigenvalue weighted by atomic mass is 9.96. The lowest BCUT2D eigenvalue weighted by molar-refractivity contribution is -0.0374. The summed E-state index contributed by atoms with van der Waals surface area (Å²) in [4.78, 5) is 20.4. The minimum Gasteiger partial charge on any atom is -0.496 e. The van der Waals surface area contributed by atoms with Crippen molar-refractivity contribution < 1.29 is 19.0 Å². The normalized spacial score (nSPS) is 15.8. The summed E-state index contributed by atoms with van der Waals surface area (Å²) >= 11 is 12.8. The van der Waals surface area contributed by atoms with Crippen molar-refractivity contribution in [1.29, 1.82) is 0 Å². The van der Waals surface area contributed by atoms with E-state index < -0.39 is 5.54 Å². The molecule has 0 N–H and O–H groups in total. The molecule has 1 amide bonds. The van der Waals surface area contributed by atoms with Crippen LogP contribution in [-0.2, 0) is 11.3 Å². The van der Waals surface area contributed by atoms with Gasteiger partial charge in [0.2, 0.25) is 0 Å². The number of amides is 1. The van der Waals surface area contributed by atoms with Gasteiger partial charge in [0.05, 0.1) is 42.9 Å². The van der Waals surface area contributed by atoms with Crippen LogP contribution in [0.1, 0.15) is 29.9 Å². The molecule has 6 rings (SSSR count). The maximum Gasteiger partial charge on any atom is 0.275 e. The van der Waals surface area contributed by atoms with E-state index in [4.69, 9.17) is 42.5 Å². The van der Waals surface area contributed by atoms with Crippen LogP contribution < -0.4 is 9.47 Å². The highest BCUT2D eigenvalue weighted by atomic mass is 35.5. The Hall–Kier alpha value is -3.59. The maximum absolute atomic E-state index is 14.0. The molecule has 1 fully saturated rings. The first kappa shape index (κ1) is 25.7. The summed E-state index contributed by atoms with van der Waals surface area (Å²) in [5, 5.41) is 5.79. The molecule has 8 nitrogen and oxygen atoms in total. The van der Waals surface area contributed by atoms with E-state index >= 15 is 0 Å². The second-order valence-corrected chi connectivity index (χ2v) is 11.0. The molecule has 0 saturated carbocycles. The predicted octanol–water partition coefficient (Wildman–Crippen LogP) is 6.06. The Morgan fingerprint density at radius 2 is 1.87 bits per heavy atom. The molecule has 2 aliphatic rings. The van der Waals surface area contributed by atoms with Crippen molar-refractivity contribution in [3.05, 3.63) is 76.0 Å².